The highest BCUT2D eigenvalue weighted by atomic mass is 16.6. The molecule has 2 saturated heterocycles. The lowest BCUT2D eigenvalue weighted by Crippen LogP contribution is -2.46. The van der Waals surface area contributed by atoms with Crippen LogP contribution in [-0.2, 0) is 17.8 Å². The van der Waals surface area contributed by atoms with Gasteiger partial charge in [-0.05, 0) is 35.4 Å². The molecule has 0 spiro atoms. The van der Waals surface area contributed by atoms with Gasteiger partial charge in [0.1, 0.15) is 6.61 Å². The number of hydrogen-bond acceptors (Lipinski definition) is 5. The van der Waals surface area contributed by atoms with E-state index in [0.717, 1.165) is 38.3 Å². The van der Waals surface area contributed by atoms with Gasteiger partial charge in [0, 0.05) is 57.3 Å². The number of ether oxygens (including phenoxy) is 1. The molecule has 0 aliphatic carbocycles. The molecule has 2 fully saturated rings. The zero-order chi connectivity index (χ0) is 17.8. The van der Waals surface area contributed by atoms with Crippen LogP contribution in [0.1, 0.15) is 11.1 Å². The molecule has 1 amide bonds. The zero-order valence-electron chi connectivity index (χ0n) is 14.9. The van der Waals surface area contributed by atoms with Crippen molar-refractivity contribution >= 4 is 11.8 Å². The molecule has 2 aliphatic rings. The second kappa shape index (κ2) is 7.74. The predicted molar refractivity (Wildman–Crippen MR) is 99.9 cm³/mol. The number of nitrogens with zero attached hydrogens (tertiary/aromatic N) is 4. The Labute approximate surface area is 154 Å². The van der Waals surface area contributed by atoms with E-state index in [1.165, 1.54) is 11.3 Å². The number of piperazine rings is 1. The molecule has 0 saturated carbocycles. The smallest absolute Gasteiger partial charge is 0.410 e. The van der Waals surface area contributed by atoms with E-state index < -0.39 is 0 Å². The minimum Gasteiger partial charge on any atom is -0.448 e. The molecule has 0 atom stereocenters. The minimum absolute atomic E-state index is 0.208. The van der Waals surface area contributed by atoms with E-state index in [2.05, 4.69) is 51.2 Å². The molecule has 0 bridgehead atoms. The summed E-state index contributed by atoms with van der Waals surface area (Å²) in [5.74, 6) is 0. The maximum absolute atomic E-state index is 11.6. The minimum atomic E-state index is -0.208. The molecule has 6 heteroatoms. The van der Waals surface area contributed by atoms with Crippen molar-refractivity contribution in [3.8, 4) is 0 Å². The summed E-state index contributed by atoms with van der Waals surface area (Å²) in [4.78, 5) is 22.4. The van der Waals surface area contributed by atoms with E-state index in [-0.39, 0.29) is 6.09 Å². The normalized spacial score (nSPS) is 18.2. The van der Waals surface area contributed by atoms with Crippen molar-refractivity contribution in [3.05, 3.63) is 59.9 Å². The first-order valence-corrected chi connectivity index (χ1v) is 9.15. The summed E-state index contributed by atoms with van der Waals surface area (Å²) in [6, 6.07) is 12.7. The van der Waals surface area contributed by atoms with Gasteiger partial charge in [0.05, 0.1) is 6.54 Å². The van der Waals surface area contributed by atoms with Gasteiger partial charge in [0.15, 0.2) is 0 Å². The van der Waals surface area contributed by atoms with Crippen molar-refractivity contribution in [2.24, 2.45) is 0 Å². The molecule has 3 heterocycles. The molecule has 4 rings (SSSR count). The van der Waals surface area contributed by atoms with Gasteiger partial charge in [0.2, 0.25) is 0 Å². The molecular formula is C20H24N4O2. The maximum atomic E-state index is 11.6. The predicted octanol–water partition coefficient (Wildman–Crippen LogP) is 2.36. The number of rotatable bonds is 5. The summed E-state index contributed by atoms with van der Waals surface area (Å²) in [5, 5.41) is 0. The first-order chi connectivity index (χ1) is 12.8. The van der Waals surface area contributed by atoms with Crippen molar-refractivity contribution in [2.45, 2.75) is 13.1 Å². The molecule has 1 aromatic heterocycles. The topological polar surface area (TPSA) is 48.9 Å². The van der Waals surface area contributed by atoms with Crippen LogP contribution in [0.15, 0.2) is 48.8 Å². The number of cyclic esters (lactones) is 1. The van der Waals surface area contributed by atoms with Crippen LogP contribution in [-0.4, -0.2) is 60.2 Å². The average molecular weight is 352 g/mol. The highest BCUT2D eigenvalue weighted by Crippen LogP contribution is 2.20. The van der Waals surface area contributed by atoms with E-state index in [9.17, 15) is 4.79 Å². The van der Waals surface area contributed by atoms with Crippen LogP contribution < -0.4 is 4.90 Å². The van der Waals surface area contributed by atoms with Crippen molar-refractivity contribution in [3.63, 3.8) is 0 Å². The summed E-state index contributed by atoms with van der Waals surface area (Å²) < 4.78 is 5.01. The fourth-order valence-corrected chi connectivity index (χ4v) is 3.55. The second-order valence-corrected chi connectivity index (χ2v) is 6.82. The van der Waals surface area contributed by atoms with Crippen LogP contribution in [0.2, 0.25) is 0 Å². The third-order valence-electron chi connectivity index (χ3n) is 5.02. The molecular weight excluding hydrogens is 328 g/mol. The van der Waals surface area contributed by atoms with Crippen LogP contribution >= 0.6 is 0 Å². The summed E-state index contributed by atoms with van der Waals surface area (Å²) in [6.07, 6.45) is 3.50. The Morgan fingerprint density at radius 3 is 2.46 bits per heavy atom. The van der Waals surface area contributed by atoms with Crippen LogP contribution in [0.4, 0.5) is 10.5 Å². The third kappa shape index (κ3) is 3.96. The van der Waals surface area contributed by atoms with Gasteiger partial charge >= 0.3 is 6.09 Å². The van der Waals surface area contributed by atoms with E-state index in [1.807, 2.05) is 12.4 Å². The van der Waals surface area contributed by atoms with Gasteiger partial charge in [-0.2, -0.15) is 0 Å². The fraction of sp³-hybridized carbons (Fsp3) is 0.400. The first kappa shape index (κ1) is 16.8. The van der Waals surface area contributed by atoms with E-state index in [1.54, 1.807) is 4.90 Å². The number of aromatic nitrogens is 1. The summed E-state index contributed by atoms with van der Waals surface area (Å²) in [6.45, 7) is 6.90. The largest absolute Gasteiger partial charge is 0.448 e. The van der Waals surface area contributed by atoms with E-state index >= 15 is 0 Å². The molecule has 0 unspecified atom stereocenters. The Morgan fingerprint density at radius 1 is 0.923 bits per heavy atom. The van der Waals surface area contributed by atoms with E-state index in [4.69, 9.17) is 4.74 Å². The molecule has 0 radical (unpaired) electrons. The highest BCUT2D eigenvalue weighted by molar-refractivity contribution is 5.69. The highest BCUT2D eigenvalue weighted by Gasteiger charge is 2.22. The Kier molecular flexibility index (Phi) is 5.02. The van der Waals surface area contributed by atoms with Gasteiger partial charge in [-0.3, -0.25) is 9.88 Å². The zero-order valence-corrected chi connectivity index (χ0v) is 14.9. The van der Waals surface area contributed by atoms with Crippen molar-refractivity contribution in [1.29, 1.82) is 0 Å². The first-order valence-electron chi connectivity index (χ1n) is 9.15. The van der Waals surface area contributed by atoms with Gasteiger partial charge in [-0.25, -0.2) is 4.79 Å². The second-order valence-electron chi connectivity index (χ2n) is 6.82. The third-order valence-corrected chi connectivity index (χ3v) is 5.02. The van der Waals surface area contributed by atoms with E-state index in [0.29, 0.717) is 19.7 Å². The molecule has 2 aliphatic heterocycles. The van der Waals surface area contributed by atoms with Gasteiger partial charge in [-0.1, -0.05) is 12.1 Å². The number of benzene rings is 1. The average Bonchev–Trinajstić information content (AvgIpc) is 3.08. The molecule has 6 nitrogen and oxygen atoms in total. The Morgan fingerprint density at radius 2 is 1.73 bits per heavy atom. The Balaban J connectivity index is 1.34. The van der Waals surface area contributed by atoms with Gasteiger partial charge in [0.25, 0.3) is 0 Å². The summed E-state index contributed by atoms with van der Waals surface area (Å²) in [7, 11) is 0. The van der Waals surface area contributed by atoms with Crippen molar-refractivity contribution in [1.82, 2.24) is 14.8 Å². The van der Waals surface area contributed by atoms with Crippen LogP contribution in [0.5, 0.6) is 0 Å². The van der Waals surface area contributed by atoms with Gasteiger partial charge in [-0.15, -0.1) is 0 Å². The number of hydrogen-bond donors (Lipinski definition) is 0. The monoisotopic (exact) mass is 352 g/mol. The number of pyridine rings is 1. The Hall–Kier alpha value is -2.60. The quantitative estimate of drug-likeness (QED) is 0.827. The standard InChI is InChI=1S/C20H24N4O2/c25-20-24(12-13-26-20)16-18-2-1-3-19(14-18)23-10-8-22(9-11-23)15-17-4-6-21-7-5-17/h1-7,14H,8-13,15-16H2. The van der Waals surface area contributed by atoms with Crippen LogP contribution in [0, 0.1) is 0 Å². The maximum Gasteiger partial charge on any atom is 0.410 e. The number of carbonyl (C=O) groups is 1. The summed E-state index contributed by atoms with van der Waals surface area (Å²) in [5.41, 5.74) is 3.70. The lowest BCUT2D eigenvalue weighted by atomic mass is 10.1. The molecule has 1 aromatic carbocycles. The Bertz CT molecular complexity index is 744. The van der Waals surface area contributed by atoms with Gasteiger partial charge < -0.3 is 14.5 Å². The molecule has 2 aromatic rings. The molecule has 136 valence electrons. The molecule has 0 N–H and O–H groups in total. The van der Waals surface area contributed by atoms with Crippen LogP contribution in [0.25, 0.3) is 0 Å². The van der Waals surface area contributed by atoms with Crippen molar-refractivity contribution < 1.29 is 9.53 Å². The lowest BCUT2D eigenvalue weighted by Gasteiger charge is -2.36. The lowest BCUT2D eigenvalue weighted by molar-refractivity contribution is 0.157. The van der Waals surface area contributed by atoms with Crippen LogP contribution in [0.3, 0.4) is 0 Å². The summed E-state index contributed by atoms with van der Waals surface area (Å²) >= 11 is 0. The fourth-order valence-electron chi connectivity index (χ4n) is 3.55. The molecule has 26 heavy (non-hydrogen) atoms. The number of anilines is 1. The SMILES string of the molecule is O=C1OCCN1Cc1cccc(N2CCN(Cc3ccncc3)CC2)c1. The number of amides is 1. The number of carbonyl (C=O) groups excluding carboxylic acids is 1. The van der Waals surface area contributed by atoms with Crippen molar-refractivity contribution in [2.75, 3.05) is 44.2 Å².